The van der Waals surface area contributed by atoms with Crippen LogP contribution in [-0.2, 0) is 4.79 Å². The number of hydrogen-bond acceptors (Lipinski definition) is 6. The number of allylic oxidation sites excluding steroid dienone is 1. The Morgan fingerprint density at radius 1 is 1.10 bits per heavy atom. The average molecular weight is 420 g/mol. The third kappa shape index (κ3) is 3.94. The lowest BCUT2D eigenvalue weighted by Gasteiger charge is -2.29. The number of hydrogen-bond donors (Lipinski definition) is 0. The van der Waals surface area contributed by atoms with Crippen molar-refractivity contribution >= 4 is 29.1 Å². The van der Waals surface area contributed by atoms with Crippen molar-refractivity contribution in [1.29, 1.82) is 0 Å². The summed E-state index contributed by atoms with van der Waals surface area (Å²) in [6.45, 7) is 1.43. The number of hydrazone groups is 1. The lowest BCUT2D eigenvalue weighted by atomic mass is 9.77. The van der Waals surface area contributed by atoms with Crippen LogP contribution in [0.5, 0.6) is 0 Å². The van der Waals surface area contributed by atoms with Gasteiger partial charge in [-0.1, -0.05) is 24.3 Å². The Labute approximate surface area is 178 Å². The summed E-state index contributed by atoms with van der Waals surface area (Å²) in [7, 11) is 0. The van der Waals surface area contributed by atoms with Crippen molar-refractivity contribution in [1.82, 2.24) is 5.01 Å². The van der Waals surface area contributed by atoms with Crippen LogP contribution in [0, 0.1) is 26.1 Å². The molecule has 1 heterocycles. The van der Waals surface area contributed by atoms with E-state index >= 15 is 0 Å². The number of nitrogens with zero attached hydrogens (tertiary/aromatic N) is 4. The van der Waals surface area contributed by atoms with Gasteiger partial charge in [0, 0.05) is 37.1 Å². The molecule has 0 aromatic heterocycles. The van der Waals surface area contributed by atoms with E-state index in [1.165, 1.54) is 36.2 Å². The SMILES string of the molecule is CC(=O)N1N=C2C(=Cc3cccc([N+](=O)[O-])c3)CCCC2C1c1cccc([N+](=O)[O-])c1. The number of nitro benzene ring substituents is 2. The number of fused-ring (bicyclic) bond motifs is 1. The van der Waals surface area contributed by atoms with E-state index in [1.807, 2.05) is 6.08 Å². The highest BCUT2D eigenvalue weighted by Gasteiger charge is 2.43. The second-order valence-electron chi connectivity index (χ2n) is 7.67. The third-order valence-electron chi connectivity index (χ3n) is 5.67. The number of benzene rings is 2. The van der Waals surface area contributed by atoms with Gasteiger partial charge < -0.3 is 0 Å². The molecule has 1 saturated carbocycles. The molecule has 2 atom stereocenters. The highest BCUT2D eigenvalue weighted by molar-refractivity contribution is 6.08. The van der Waals surface area contributed by atoms with Crippen LogP contribution in [0.1, 0.15) is 43.4 Å². The molecule has 0 bridgehead atoms. The number of carbonyl (C=O) groups excluding carboxylic acids is 1. The number of carbonyl (C=O) groups is 1. The maximum atomic E-state index is 12.4. The average Bonchev–Trinajstić information content (AvgIpc) is 3.15. The molecular weight excluding hydrogens is 400 g/mol. The zero-order chi connectivity index (χ0) is 22.1. The lowest BCUT2D eigenvalue weighted by molar-refractivity contribution is -0.385. The minimum atomic E-state index is -0.452. The van der Waals surface area contributed by atoms with Crippen LogP contribution in [0.2, 0.25) is 0 Å². The fraction of sp³-hybridized carbons (Fsp3) is 0.273. The minimum absolute atomic E-state index is 0.00917. The largest absolute Gasteiger partial charge is 0.273 e. The summed E-state index contributed by atoms with van der Waals surface area (Å²) >= 11 is 0. The molecule has 31 heavy (non-hydrogen) atoms. The second-order valence-corrected chi connectivity index (χ2v) is 7.67. The van der Waals surface area contributed by atoms with Gasteiger partial charge in [-0.3, -0.25) is 25.0 Å². The predicted molar refractivity (Wildman–Crippen MR) is 114 cm³/mol. The van der Waals surface area contributed by atoms with Gasteiger partial charge in [-0.25, -0.2) is 5.01 Å². The first-order valence-electron chi connectivity index (χ1n) is 9.93. The Kier molecular flexibility index (Phi) is 5.33. The molecular formula is C22H20N4O5. The number of nitro groups is 2. The fourth-order valence-electron chi connectivity index (χ4n) is 4.35. The normalized spacial score (nSPS) is 21.5. The van der Waals surface area contributed by atoms with Gasteiger partial charge in [0.15, 0.2) is 0 Å². The van der Waals surface area contributed by atoms with Crippen LogP contribution >= 0.6 is 0 Å². The van der Waals surface area contributed by atoms with E-state index in [0.717, 1.165) is 30.5 Å². The van der Waals surface area contributed by atoms with E-state index in [2.05, 4.69) is 5.10 Å². The summed E-state index contributed by atoms with van der Waals surface area (Å²) in [5.74, 6) is -0.335. The van der Waals surface area contributed by atoms with Crippen LogP contribution < -0.4 is 0 Å². The summed E-state index contributed by atoms with van der Waals surface area (Å²) < 4.78 is 0. The van der Waals surface area contributed by atoms with Crippen molar-refractivity contribution < 1.29 is 14.6 Å². The quantitative estimate of drug-likeness (QED) is 0.527. The zero-order valence-electron chi connectivity index (χ0n) is 16.8. The Morgan fingerprint density at radius 3 is 2.45 bits per heavy atom. The Bertz CT molecular complexity index is 1140. The molecule has 2 aliphatic rings. The van der Waals surface area contributed by atoms with Crippen LogP contribution in [-0.4, -0.2) is 26.5 Å². The van der Waals surface area contributed by atoms with E-state index < -0.39 is 15.9 Å². The molecule has 1 amide bonds. The molecule has 2 unspecified atom stereocenters. The van der Waals surface area contributed by atoms with Crippen LogP contribution in [0.25, 0.3) is 6.08 Å². The molecule has 1 fully saturated rings. The van der Waals surface area contributed by atoms with Gasteiger partial charge in [-0.05, 0) is 42.0 Å². The summed E-state index contributed by atoms with van der Waals surface area (Å²) in [6.07, 6.45) is 4.28. The summed E-state index contributed by atoms with van der Waals surface area (Å²) in [6, 6.07) is 12.3. The van der Waals surface area contributed by atoms with E-state index in [-0.39, 0.29) is 23.2 Å². The maximum absolute atomic E-state index is 12.4. The first kappa shape index (κ1) is 20.4. The molecule has 0 N–H and O–H groups in total. The molecule has 9 heteroatoms. The van der Waals surface area contributed by atoms with E-state index in [0.29, 0.717) is 11.1 Å². The van der Waals surface area contributed by atoms with Gasteiger partial charge in [0.05, 0.1) is 21.6 Å². The molecule has 0 radical (unpaired) electrons. The Morgan fingerprint density at radius 2 is 1.77 bits per heavy atom. The van der Waals surface area contributed by atoms with Gasteiger partial charge in [0.2, 0.25) is 5.91 Å². The number of amides is 1. The van der Waals surface area contributed by atoms with Crippen molar-refractivity contribution in [2.75, 3.05) is 0 Å². The Balaban J connectivity index is 1.74. The van der Waals surface area contributed by atoms with Gasteiger partial charge in [-0.2, -0.15) is 5.10 Å². The smallest absolute Gasteiger partial charge is 0.270 e. The molecule has 1 aliphatic carbocycles. The first-order valence-corrected chi connectivity index (χ1v) is 9.93. The van der Waals surface area contributed by atoms with Crippen molar-refractivity contribution in [3.05, 3.63) is 85.5 Å². The molecule has 9 nitrogen and oxygen atoms in total. The summed E-state index contributed by atoms with van der Waals surface area (Å²) in [5.41, 5.74) is 3.04. The summed E-state index contributed by atoms with van der Waals surface area (Å²) in [4.78, 5) is 33.8. The fourth-order valence-corrected chi connectivity index (χ4v) is 4.35. The molecule has 158 valence electrons. The van der Waals surface area contributed by atoms with Gasteiger partial charge in [-0.15, -0.1) is 0 Å². The topological polar surface area (TPSA) is 119 Å². The standard InChI is InChI=1S/C22H20N4O5/c1-14(27)24-22(17-7-3-9-19(13-17)26(30)31)20-10-4-6-16(21(20)23-24)11-15-5-2-8-18(12-15)25(28)29/h2-3,5,7-9,11-13,20,22H,4,6,10H2,1H3. The zero-order valence-corrected chi connectivity index (χ0v) is 16.8. The van der Waals surface area contributed by atoms with Gasteiger partial charge in [0.1, 0.15) is 0 Å². The van der Waals surface area contributed by atoms with Gasteiger partial charge >= 0.3 is 0 Å². The van der Waals surface area contributed by atoms with Crippen LogP contribution in [0.15, 0.2) is 59.2 Å². The molecule has 1 aliphatic heterocycles. The molecule has 2 aromatic rings. The number of non-ortho nitro benzene ring substituents is 2. The van der Waals surface area contributed by atoms with Crippen LogP contribution in [0.3, 0.4) is 0 Å². The Hall–Kier alpha value is -3.88. The van der Waals surface area contributed by atoms with Crippen LogP contribution in [0.4, 0.5) is 11.4 Å². The first-order chi connectivity index (χ1) is 14.8. The lowest BCUT2D eigenvalue weighted by Crippen LogP contribution is -2.30. The second kappa shape index (κ2) is 8.10. The summed E-state index contributed by atoms with van der Waals surface area (Å²) in [5, 5.41) is 28.3. The predicted octanol–water partition coefficient (Wildman–Crippen LogP) is 4.65. The van der Waals surface area contributed by atoms with Gasteiger partial charge in [0.25, 0.3) is 11.4 Å². The highest BCUT2D eigenvalue weighted by Crippen LogP contribution is 2.44. The van der Waals surface area contributed by atoms with Crippen molar-refractivity contribution in [2.45, 2.75) is 32.2 Å². The monoisotopic (exact) mass is 420 g/mol. The minimum Gasteiger partial charge on any atom is -0.273 e. The van der Waals surface area contributed by atoms with E-state index in [1.54, 1.807) is 24.3 Å². The molecule has 0 spiro atoms. The molecule has 2 aromatic carbocycles. The highest BCUT2D eigenvalue weighted by atomic mass is 16.6. The maximum Gasteiger partial charge on any atom is 0.270 e. The van der Waals surface area contributed by atoms with Crippen molar-refractivity contribution in [3.63, 3.8) is 0 Å². The van der Waals surface area contributed by atoms with Crippen molar-refractivity contribution in [2.24, 2.45) is 11.0 Å². The molecule has 0 saturated heterocycles. The van der Waals surface area contributed by atoms with E-state index in [9.17, 15) is 25.0 Å². The molecule has 4 rings (SSSR count). The number of rotatable bonds is 4. The third-order valence-corrected chi connectivity index (χ3v) is 5.67. The van der Waals surface area contributed by atoms with Crippen molar-refractivity contribution in [3.8, 4) is 0 Å². The van der Waals surface area contributed by atoms with E-state index in [4.69, 9.17) is 0 Å².